The maximum Gasteiger partial charge on any atom is 0.397 e. The fraction of sp³-hybridized carbons (Fsp3) is 0.891. The summed E-state index contributed by atoms with van der Waals surface area (Å²) in [5, 5.41) is 55.2. The number of aliphatic hydroxyl groups excluding tert-OH is 5. The van der Waals surface area contributed by atoms with E-state index in [0.717, 1.165) is 70.6 Å². The summed E-state index contributed by atoms with van der Waals surface area (Å²) in [4.78, 5) is 13.1. The first-order valence-corrected chi connectivity index (χ1v) is 25.2. The van der Waals surface area contributed by atoms with E-state index in [1.54, 1.807) is 0 Å². The maximum atomic E-state index is 13.1. The molecule has 0 aromatic heterocycles. The molecule has 1 aliphatic rings. The lowest BCUT2D eigenvalue weighted by Crippen LogP contribution is -2.61. The molecule has 1 amide bonds. The van der Waals surface area contributed by atoms with Gasteiger partial charge in [-0.05, 0) is 44.9 Å². The zero-order valence-electron chi connectivity index (χ0n) is 37.4. The first kappa shape index (κ1) is 56.6. The van der Waals surface area contributed by atoms with E-state index >= 15 is 0 Å². The molecule has 0 aromatic carbocycles. The molecule has 1 aliphatic heterocycles. The topological polar surface area (TPSA) is 212 Å². The van der Waals surface area contributed by atoms with Crippen molar-refractivity contribution in [3.05, 3.63) is 24.3 Å². The summed E-state index contributed by atoms with van der Waals surface area (Å²) >= 11 is 0. The fourth-order valence-electron chi connectivity index (χ4n) is 7.55. The molecule has 354 valence electrons. The maximum absolute atomic E-state index is 13.1. The van der Waals surface area contributed by atoms with Crippen molar-refractivity contribution in [1.29, 1.82) is 0 Å². The predicted molar refractivity (Wildman–Crippen MR) is 238 cm³/mol. The smallest absolute Gasteiger partial charge is 0.394 e. The van der Waals surface area contributed by atoms with E-state index in [0.29, 0.717) is 19.3 Å². The first-order chi connectivity index (χ1) is 28.9. The van der Waals surface area contributed by atoms with Gasteiger partial charge in [-0.25, -0.2) is 4.18 Å². The number of allylic oxidation sites excluding steroid dienone is 4. The van der Waals surface area contributed by atoms with E-state index in [9.17, 15) is 38.7 Å². The second kappa shape index (κ2) is 37.0. The minimum Gasteiger partial charge on any atom is -0.394 e. The van der Waals surface area contributed by atoms with Crippen LogP contribution in [0, 0.1) is 0 Å². The number of rotatable bonds is 40. The van der Waals surface area contributed by atoms with Gasteiger partial charge in [-0.15, -0.1) is 0 Å². The van der Waals surface area contributed by atoms with E-state index in [4.69, 9.17) is 14.0 Å². The fourth-order valence-corrected chi connectivity index (χ4v) is 8.06. The van der Waals surface area contributed by atoms with Crippen LogP contribution in [0.1, 0.15) is 200 Å². The van der Waals surface area contributed by atoms with Crippen LogP contribution in [0.2, 0.25) is 0 Å². The van der Waals surface area contributed by atoms with Gasteiger partial charge >= 0.3 is 10.4 Å². The molecule has 1 rings (SSSR count). The molecule has 0 aliphatic carbocycles. The third-order valence-corrected chi connectivity index (χ3v) is 11.8. The molecule has 60 heavy (non-hydrogen) atoms. The molecular formula is C46H87NO12S. The number of carbonyl (C=O) groups excluding carboxylic acids is 1. The van der Waals surface area contributed by atoms with Crippen molar-refractivity contribution in [3.63, 3.8) is 0 Å². The summed E-state index contributed by atoms with van der Waals surface area (Å²) in [6.07, 6.45) is 29.6. The summed E-state index contributed by atoms with van der Waals surface area (Å²) in [7, 11) is -5.11. The third kappa shape index (κ3) is 29.0. The second-order valence-corrected chi connectivity index (χ2v) is 17.9. The molecule has 1 fully saturated rings. The van der Waals surface area contributed by atoms with Crippen LogP contribution in [0.3, 0.4) is 0 Å². The number of aliphatic hydroxyl groups is 5. The molecule has 1 saturated heterocycles. The standard InChI is InChI=1S/C46H87NO12S/c1-3-5-7-9-11-13-14-15-16-17-18-19-20-21-22-23-24-25-27-29-31-33-35-40(50)45(53)47-38(39(49)34-32-30-28-26-12-10-8-6-4-2)37-57-46-43(52)44(59-60(54,55)56)42(51)41(36-48)58-46/h18-19,21-22,38-44,46,48-52H,3-17,20,23-37H2,1-2H3,(H,47,53)(H,54,55,56)/b19-18-,22-21-. The van der Waals surface area contributed by atoms with Gasteiger partial charge in [0.15, 0.2) is 6.29 Å². The largest absolute Gasteiger partial charge is 0.397 e. The number of carbonyl (C=O) groups is 1. The van der Waals surface area contributed by atoms with Crippen LogP contribution in [-0.2, 0) is 28.9 Å². The number of unbranched alkanes of at least 4 members (excludes halogenated alkanes) is 23. The van der Waals surface area contributed by atoms with E-state index in [2.05, 4.69) is 47.7 Å². The van der Waals surface area contributed by atoms with Gasteiger partial charge in [0.1, 0.15) is 30.5 Å². The Morgan fingerprint density at radius 2 is 1.12 bits per heavy atom. The van der Waals surface area contributed by atoms with E-state index in [1.807, 2.05) is 0 Å². The van der Waals surface area contributed by atoms with Crippen LogP contribution < -0.4 is 5.32 Å². The predicted octanol–water partition coefficient (Wildman–Crippen LogP) is 8.30. The Balaban J connectivity index is 2.45. The average molecular weight is 878 g/mol. The minimum absolute atomic E-state index is 0.248. The van der Waals surface area contributed by atoms with Crippen molar-refractivity contribution >= 4 is 16.3 Å². The van der Waals surface area contributed by atoms with Gasteiger partial charge in [0.05, 0.1) is 25.4 Å². The molecule has 14 heteroatoms. The summed E-state index contributed by atoms with van der Waals surface area (Å²) in [6.45, 7) is 3.24. The van der Waals surface area contributed by atoms with Gasteiger partial charge < -0.3 is 40.3 Å². The Kier molecular flexibility index (Phi) is 34.8. The number of amides is 1. The Morgan fingerprint density at radius 3 is 1.58 bits per heavy atom. The second-order valence-electron chi connectivity index (χ2n) is 16.8. The zero-order valence-corrected chi connectivity index (χ0v) is 38.2. The van der Waals surface area contributed by atoms with Crippen LogP contribution in [0.4, 0.5) is 0 Å². The van der Waals surface area contributed by atoms with Crippen LogP contribution >= 0.6 is 0 Å². The Labute approximate surface area is 364 Å². The van der Waals surface area contributed by atoms with Gasteiger partial charge in [-0.1, -0.05) is 179 Å². The number of hydrogen-bond acceptors (Lipinski definition) is 11. The van der Waals surface area contributed by atoms with Gasteiger partial charge in [-0.2, -0.15) is 8.42 Å². The van der Waals surface area contributed by atoms with Crippen molar-refractivity contribution in [1.82, 2.24) is 5.32 Å². The molecule has 0 bridgehead atoms. The highest BCUT2D eigenvalue weighted by Crippen LogP contribution is 2.26. The lowest BCUT2D eigenvalue weighted by molar-refractivity contribution is -0.298. The van der Waals surface area contributed by atoms with Gasteiger partial charge in [0, 0.05) is 0 Å². The lowest BCUT2D eigenvalue weighted by atomic mass is 9.99. The minimum atomic E-state index is -5.11. The van der Waals surface area contributed by atoms with Crippen molar-refractivity contribution < 1.29 is 57.0 Å². The highest BCUT2D eigenvalue weighted by atomic mass is 32.3. The lowest BCUT2D eigenvalue weighted by Gasteiger charge is -2.41. The quantitative estimate of drug-likeness (QED) is 0.0176. The summed E-state index contributed by atoms with van der Waals surface area (Å²) in [5.74, 6) is -0.679. The molecule has 0 saturated carbocycles. The third-order valence-electron chi connectivity index (χ3n) is 11.4. The molecule has 8 atom stereocenters. The van der Waals surface area contributed by atoms with Gasteiger partial charge in [-0.3, -0.25) is 9.35 Å². The highest BCUT2D eigenvalue weighted by Gasteiger charge is 2.48. The highest BCUT2D eigenvalue weighted by molar-refractivity contribution is 7.80. The molecule has 0 radical (unpaired) electrons. The average Bonchev–Trinajstić information content (AvgIpc) is 3.22. The Bertz CT molecular complexity index is 1190. The molecule has 13 nitrogen and oxygen atoms in total. The normalized spacial score (nSPS) is 21.5. The van der Waals surface area contributed by atoms with Crippen LogP contribution in [0.5, 0.6) is 0 Å². The zero-order chi connectivity index (χ0) is 44.3. The Morgan fingerprint density at radius 1 is 0.667 bits per heavy atom. The summed E-state index contributed by atoms with van der Waals surface area (Å²) in [5.41, 5.74) is 0. The van der Waals surface area contributed by atoms with Crippen molar-refractivity contribution in [2.45, 2.75) is 249 Å². The van der Waals surface area contributed by atoms with E-state index < -0.39 is 78.5 Å². The van der Waals surface area contributed by atoms with Crippen molar-refractivity contribution in [2.75, 3.05) is 13.2 Å². The molecule has 1 heterocycles. The summed E-state index contributed by atoms with van der Waals surface area (Å²) in [6, 6.07) is -1.04. The molecule has 0 aromatic rings. The number of hydrogen-bond donors (Lipinski definition) is 7. The summed E-state index contributed by atoms with van der Waals surface area (Å²) < 4.78 is 47.5. The monoisotopic (exact) mass is 878 g/mol. The SMILES string of the molecule is CCCCCCCCCCC/C=C\C/C=C\CCCCCCCCC(O)C(=O)NC(COC1OC(CO)C(O)C(OS(=O)(=O)O)C1O)C(O)CCCCCCCCCCC. The number of ether oxygens (including phenoxy) is 2. The molecule has 0 spiro atoms. The van der Waals surface area contributed by atoms with E-state index in [1.165, 1.54) is 89.9 Å². The van der Waals surface area contributed by atoms with Gasteiger partial charge in [0.25, 0.3) is 0 Å². The Hall–Kier alpha value is -1.46. The molecular weight excluding hydrogens is 791 g/mol. The van der Waals surface area contributed by atoms with Crippen LogP contribution in [0.15, 0.2) is 24.3 Å². The van der Waals surface area contributed by atoms with Crippen molar-refractivity contribution in [2.24, 2.45) is 0 Å². The van der Waals surface area contributed by atoms with E-state index in [-0.39, 0.29) is 6.42 Å². The molecule has 8 unspecified atom stereocenters. The van der Waals surface area contributed by atoms with Crippen molar-refractivity contribution in [3.8, 4) is 0 Å². The van der Waals surface area contributed by atoms with Crippen LogP contribution in [0.25, 0.3) is 0 Å². The molecule has 7 N–H and O–H groups in total. The van der Waals surface area contributed by atoms with Crippen LogP contribution in [-0.4, -0.2) is 107 Å². The first-order valence-electron chi connectivity index (χ1n) is 23.8. The number of nitrogens with one attached hydrogen (secondary N) is 1. The van der Waals surface area contributed by atoms with Gasteiger partial charge in [0.2, 0.25) is 5.91 Å².